The summed E-state index contributed by atoms with van der Waals surface area (Å²) in [7, 11) is 0. The van der Waals surface area contributed by atoms with Crippen LogP contribution in [-0.2, 0) is 19.1 Å². The average molecular weight is 295 g/mol. The Bertz CT molecular complexity index is 401. The van der Waals surface area contributed by atoms with Gasteiger partial charge in [-0.15, -0.1) is 0 Å². The molecule has 0 aromatic heterocycles. The number of amides is 1. The summed E-state index contributed by atoms with van der Waals surface area (Å²) < 4.78 is 5.04. The largest absolute Gasteiger partial charge is 0.464 e. The summed E-state index contributed by atoms with van der Waals surface area (Å²) in [6, 6.07) is -0.571. The highest BCUT2D eigenvalue weighted by Gasteiger charge is 2.38. The van der Waals surface area contributed by atoms with Gasteiger partial charge in [0.1, 0.15) is 6.04 Å². The number of ether oxygens (including phenoxy) is 1. The quantitative estimate of drug-likeness (QED) is 0.588. The molecule has 1 amide bonds. The van der Waals surface area contributed by atoms with Crippen LogP contribution in [0.4, 0.5) is 0 Å². The molecule has 2 fully saturated rings. The van der Waals surface area contributed by atoms with E-state index in [2.05, 4.69) is 0 Å². The number of carbonyl (C=O) groups is 3. The zero-order valence-electron chi connectivity index (χ0n) is 12.8. The molecular weight excluding hydrogens is 270 g/mol. The van der Waals surface area contributed by atoms with Crippen LogP contribution in [0.15, 0.2) is 0 Å². The number of piperidine rings is 1. The van der Waals surface area contributed by atoms with Crippen LogP contribution in [0.2, 0.25) is 0 Å². The highest BCUT2D eigenvalue weighted by molar-refractivity contribution is 6.37. The minimum absolute atomic E-state index is 0.143. The highest BCUT2D eigenvalue weighted by Crippen LogP contribution is 2.26. The minimum atomic E-state index is -0.571. The molecule has 1 saturated carbocycles. The second kappa shape index (κ2) is 7.57. The highest BCUT2D eigenvalue weighted by atomic mass is 16.5. The Morgan fingerprint density at radius 2 is 1.67 bits per heavy atom. The van der Waals surface area contributed by atoms with Crippen LogP contribution in [-0.4, -0.2) is 41.8 Å². The average Bonchev–Trinajstić information content (AvgIpc) is 2.54. The maximum absolute atomic E-state index is 12.5. The van der Waals surface area contributed by atoms with Crippen molar-refractivity contribution < 1.29 is 19.1 Å². The summed E-state index contributed by atoms with van der Waals surface area (Å²) in [5.74, 6) is -1.29. The molecule has 2 rings (SSSR count). The molecule has 0 N–H and O–H groups in total. The lowest BCUT2D eigenvalue weighted by Gasteiger charge is -2.34. The smallest absolute Gasteiger partial charge is 0.328 e. The fourth-order valence-corrected chi connectivity index (χ4v) is 3.34. The van der Waals surface area contributed by atoms with E-state index in [4.69, 9.17) is 4.74 Å². The molecule has 1 atom stereocenters. The molecule has 0 radical (unpaired) electrons. The maximum Gasteiger partial charge on any atom is 0.328 e. The lowest BCUT2D eigenvalue weighted by atomic mass is 9.85. The number of carbonyl (C=O) groups excluding carboxylic acids is 3. The fraction of sp³-hybridized carbons (Fsp3) is 0.812. The van der Waals surface area contributed by atoms with Crippen LogP contribution in [0, 0.1) is 5.92 Å². The molecular formula is C16H25NO4. The third-order valence-corrected chi connectivity index (χ3v) is 4.51. The van der Waals surface area contributed by atoms with E-state index in [0.717, 1.165) is 44.9 Å². The first-order valence-corrected chi connectivity index (χ1v) is 8.16. The predicted octanol–water partition coefficient (Wildman–Crippen LogP) is 2.08. The Balaban J connectivity index is 2.03. The fourth-order valence-electron chi connectivity index (χ4n) is 3.34. The second-order valence-corrected chi connectivity index (χ2v) is 5.96. The molecule has 21 heavy (non-hydrogen) atoms. The molecule has 0 aromatic carbocycles. The first kappa shape index (κ1) is 16.0. The number of likely N-dealkylation sites (tertiary alicyclic amines) is 1. The number of Topliss-reactive ketones (excluding diaryl/α,β-unsaturated/α-hetero) is 1. The molecule has 0 spiro atoms. The lowest BCUT2D eigenvalue weighted by molar-refractivity contribution is -0.159. The first-order chi connectivity index (χ1) is 10.1. The van der Waals surface area contributed by atoms with Crippen molar-refractivity contribution in [3.63, 3.8) is 0 Å². The van der Waals surface area contributed by atoms with E-state index >= 15 is 0 Å². The number of ketones is 1. The predicted molar refractivity (Wildman–Crippen MR) is 77.6 cm³/mol. The van der Waals surface area contributed by atoms with Gasteiger partial charge in [-0.2, -0.15) is 0 Å². The van der Waals surface area contributed by atoms with Crippen molar-refractivity contribution >= 4 is 17.7 Å². The van der Waals surface area contributed by atoms with E-state index in [1.807, 2.05) is 0 Å². The van der Waals surface area contributed by atoms with Crippen LogP contribution in [0.5, 0.6) is 0 Å². The van der Waals surface area contributed by atoms with E-state index in [-0.39, 0.29) is 17.7 Å². The number of hydrogen-bond acceptors (Lipinski definition) is 4. The van der Waals surface area contributed by atoms with Gasteiger partial charge < -0.3 is 9.64 Å². The Labute approximate surface area is 126 Å². The van der Waals surface area contributed by atoms with Gasteiger partial charge in [0, 0.05) is 12.5 Å². The normalized spacial score (nSPS) is 23.7. The van der Waals surface area contributed by atoms with Crippen LogP contribution < -0.4 is 0 Å². The molecule has 0 aromatic rings. The summed E-state index contributed by atoms with van der Waals surface area (Å²) in [6.45, 7) is 2.54. The van der Waals surface area contributed by atoms with Crippen molar-refractivity contribution in [3.05, 3.63) is 0 Å². The van der Waals surface area contributed by atoms with Crippen molar-refractivity contribution in [2.45, 2.75) is 64.3 Å². The van der Waals surface area contributed by atoms with Gasteiger partial charge in [-0.25, -0.2) is 4.79 Å². The lowest BCUT2D eigenvalue weighted by Crippen LogP contribution is -2.52. The number of hydrogen-bond donors (Lipinski definition) is 0. The third kappa shape index (κ3) is 3.83. The molecule has 118 valence electrons. The third-order valence-electron chi connectivity index (χ3n) is 4.51. The van der Waals surface area contributed by atoms with Crippen LogP contribution >= 0.6 is 0 Å². The monoisotopic (exact) mass is 295 g/mol. The molecule has 2 aliphatic rings. The molecule has 1 unspecified atom stereocenters. The van der Waals surface area contributed by atoms with Crippen molar-refractivity contribution in [2.75, 3.05) is 13.2 Å². The Hall–Kier alpha value is -1.39. The molecule has 1 aliphatic heterocycles. The van der Waals surface area contributed by atoms with Gasteiger partial charge in [0.25, 0.3) is 5.91 Å². The number of esters is 1. The number of nitrogens with zero attached hydrogens (tertiary/aromatic N) is 1. The SMILES string of the molecule is CCOC(=O)C1CCCCN1C(=O)C(=O)C1CCCCC1. The van der Waals surface area contributed by atoms with E-state index in [9.17, 15) is 14.4 Å². The van der Waals surface area contributed by atoms with Gasteiger partial charge >= 0.3 is 5.97 Å². The van der Waals surface area contributed by atoms with E-state index in [0.29, 0.717) is 19.6 Å². The summed E-state index contributed by atoms with van der Waals surface area (Å²) >= 11 is 0. The van der Waals surface area contributed by atoms with Gasteiger partial charge in [0.15, 0.2) is 0 Å². The summed E-state index contributed by atoms with van der Waals surface area (Å²) in [4.78, 5) is 38.3. The zero-order chi connectivity index (χ0) is 15.2. The number of rotatable bonds is 4. The Morgan fingerprint density at radius 1 is 1.00 bits per heavy atom. The molecule has 0 bridgehead atoms. The van der Waals surface area contributed by atoms with E-state index < -0.39 is 11.9 Å². The second-order valence-electron chi connectivity index (χ2n) is 5.96. The minimum Gasteiger partial charge on any atom is -0.464 e. The van der Waals surface area contributed by atoms with Crippen molar-refractivity contribution in [1.82, 2.24) is 4.90 Å². The van der Waals surface area contributed by atoms with Gasteiger partial charge in [-0.1, -0.05) is 19.3 Å². The van der Waals surface area contributed by atoms with Crippen molar-refractivity contribution in [2.24, 2.45) is 5.92 Å². The standard InChI is InChI=1S/C16H25NO4/c1-2-21-16(20)13-10-6-7-11-17(13)15(19)14(18)12-8-4-3-5-9-12/h12-13H,2-11H2,1H3. The first-order valence-electron chi connectivity index (χ1n) is 8.16. The van der Waals surface area contributed by atoms with Gasteiger partial charge in [0.2, 0.25) is 5.78 Å². The molecule has 5 heteroatoms. The molecule has 1 saturated heterocycles. The summed E-state index contributed by atoms with van der Waals surface area (Å²) in [6.07, 6.45) is 7.14. The van der Waals surface area contributed by atoms with Crippen molar-refractivity contribution in [3.8, 4) is 0 Å². The Kier molecular flexibility index (Phi) is 5.76. The molecule has 1 aliphatic carbocycles. The van der Waals surface area contributed by atoms with E-state index in [1.165, 1.54) is 4.90 Å². The van der Waals surface area contributed by atoms with Gasteiger partial charge in [0.05, 0.1) is 6.61 Å². The topological polar surface area (TPSA) is 63.7 Å². The summed E-state index contributed by atoms with van der Waals surface area (Å²) in [5.41, 5.74) is 0. The summed E-state index contributed by atoms with van der Waals surface area (Å²) in [5, 5.41) is 0. The zero-order valence-corrected chi connectivity index (χ0v) is 12.8. The van der Waals surface area contributed by atoms with Gasteiger partial charge in [-0.05, 0) is 39.0 Å². The maximum atomic E-state index is 12.5. The molecule has 5 nitrogen and oxygen atoms in total. The van der Waals surface area contributed by atoms with Crippen LogP contribution in [0.3, 0.4) is 0 Å². The van der Waals surface area contributed by atoms with Crippen molar-refractivity contribution in [1.29, 1.82) is 0 Å². The molecule has 1 heterocycles. The van der Waals surface area contributed by atoms with Gasteiger partial charge in [-0.3, -0.25) is 9.59 Å². The Morgan fingerprint density at radius 3 is 2.33 bits per heavy atom. The van der Waals surface area contributed by atoms with Crippen LogP contribution in [0.25, 0.3) is 0 Å². The van der Waals surface area contributed by atoms with Crippen LogP contribution in [0.1, 0.15) is 58.3 Å². The van der Waals surface area contributed by atoms with E-state index in [1.54, 1.807) is 6.92 Å².